The highest BCUT2D eigenvalue weighted by molar-refractivity contribution is 5.77. The van der Waals surface area contributed by atoms with Crippen molar-refractivity contribution in [3.63, 3.8) is 0 Å². The van der Waals surface area contributed by atoms with E-state index >= 15 is 0 Å². The molecule has 1 aromatic heterocycles. The molecule has 0 spiro atoms. The number of ether oxygens (including phenoxy) is 1. The molecule has 0 fully saturated rings. The first-order valence-electron chi connectivity index (χ1n) is 4.32. The summed E-state index contributed by atoms with van der Waals surface area (Å²) < 4.78 is 4.89. The molecular formula is C10H13NO2. The van der Waals surface area contributed by atoms with Crippen molar-refractivity contribution in [1.82, 2.24) is 4.98 Å². The minimum atomic E-state index is -0.228. The van der Waals surface area contributed by atoms with E-state index in [1.807, 2.05) is 19.1 Å². The molecule has 13 heavy (non-hydrogen) atoms. The van der Waals surface area contributed by atoms with Gasteiger partial charge in [0.2, 0.25) is 0 Å². The molecule has 0 N–H and O–H groups in total. The molecule has 3 nitrogen and oxygen atoms in total. The highest BCUT2D eigenvalue weighted by Crippen LogP contribution is 2.14. The normalized spacial score (nSPS) is 12.2. The minimum absolute atomic E-state index is 0.199. The third kappa shape index (κ3) is 2.54. The quantitative estimate of drug-likeness (QED) is 0.663. The first-order chi connectivity index (χ1) is 6.25. The van der Waals surface area contributed by atoms with Crippen LogP contribution in [0.2, 0.25) is 0 Å². The van der Waals surface area contributed by atoms with E-state index in [0.717, 1.165) is 5.56 Å². The SMILES string of the molecule is CCOC(=O)[C@@H](C)c1cccnc1. The first-order valence-corrected chi connectivity index (χ1v) is 4.32. The van der Waals surface area contributed by atoms with Gasteiger partial charge in [-0.25, -0.2) is 0 Å². The molecule has 0 bridgehead atoms. The standard InChI is InChI=1S/C10H13NO2/c1-3-13-10(12)8(2)9-5-4-6-11-7-9/h4-8H,3H2,1-2H3/t8-/m0/s1. The average molecular weight is 179 g/mol. The fourth-order valence-corrected chi connectivity index (χ4v) is 1.04. The summed E-state index contributed by atoms with van der Waals surface area (Å²) in [4.78, 5) is 15.2. The lowest BCUT2D eigenvalue weighted by molar-refractivity contribution is -0.144. The Hall–Kier alpha value is -1.38. The summed E-state index contributed by atoms with van der Waals surface area (Å²) in [5.74, 6) is -0.427. The summed E-state index contributed by atoms with van der Waals surface area (Å²) in [6.45, 7) is 4.03. The molecule has 1 atom stereocenters. The van der Waals surface area contributed by atoms with Gasteiger partial charge < -0.3 is 4.74 Å². The van der Waals surface area contributed by atoms with E-state index in [0.29, 0.717) is 6.61 Å². The molecule has 0 unspecified atom stereocenters. The molecule has 0 saturated heterocycles. The van der Waals surface area contributed by atoms with Gasteiger partial charge in [-0.2, -0.15) is 0 Å². The number of carbonyl (C=O) groups is 1. The Bertz CT molecular complexity index is 272. The Morgan fingerprint density at radius 3 is 3.00 bits per heavy atom. The maximum absolute atomic E-state index is 11.3. The van der Waals surface area contributed by atoms with Crippen LogP contribution in [0, 0.1) is 0 Å². The number of hydrogen-bond donors (Lipinski definition) is 0. The maximum atomic E-state index is 11.3. The lowest BCUT2D eigenvalue weighted by atomic mass is 10.0. The number of pyridine rings is 1. The number of hydrogen-bond acceptors (Lipinski definition) is 3. The Morgan fingerprint density at radius 2 is 2.46 bits per heavy atom. The maximum Gasteiger partial charge on any atom is 0.313 e. The zero-order valence-corrected chi connectivity index (χ0v) is 7.86. The van der Waals surface area contributed by atoms with E-state index in [-0.39, 0.29) is 11.9 Å². The monoisotopic (exact) mass is 179 g/mol. The van der Waals surface area contributed by atoms with Gasteiger partial charge in [-0.05, 0) is 25.5 Å². The molecule has 0 saturated carbocycles. The number of esters is 1. The van der Waals surface area contributed by atoms with Crippen LogP contribution >= 0.6 is 0 Å². The lowest BCUT2D eigenvalue weighted by Crippen LogP contribution is -2.12. The molecule has 1 heterocycles. The van der Waals surface area contributed by atoms with Gasteiger partial charge in [0, 0.05) is 12.4 Å². The van der Waals surface area contributed by atoms with Gasteiger partial charge in [-0.3, -0.25) is 9.78 Å². The van der Waals surface area contributed by atoms with Crippen LogP contribution in [-0.4, -0.2) is 17.6 Å². The molecule has 0 radical (unpaired) electrons. The minimum Gasteiger partial charge on any atom is -0.466 e. The van der Waals surface area contributed by atoms with E-state index in [1.165, 1.54) is 0 Å². The topological polar surface area (TPSA) is 39.2 Å². The van der Waals surface area contributed by atoms with Crippen LogP contribution in [-0.2, 0) is 9.53 Å². The van der Waals surface area contributed by atoms with Gasteiger partial charge in [-0.1, -0.05) is 6.07 Å². The highest BCUT2D eigenvalue weighted by atomic mass is 16.5. The molecule has 1 rings (SSSR count). The van der Waals surface area contributed by atoms with E-state index in [9.17, 15) is 4.79 Å². The van der Waals surface area contributed by atoms with E-state index < -0.39 is 0 Å². The number of aromatic nitrogens is 1. The van der Waals surface area contributed by atoms with Gasteiger partial charge in [0.1, 0.15) is 0 Å². The van der Waals surface area contributed by atoms with Gasteiger partial charge in [-0.15, -0.1) is 0 Å². The Kier molecular flexibility index (Phi) is 3.43. The van der Waals surface area contributed by atoms with Crippen molar-refractivity contribution >= 4 is 5.97 Å². The van der Waals surface area contributed by atoms with Gasteiger partial charge in [0.15, 0.2) is 0 Å². The lowest BCUT2D eigenvalue weighted by Gasteiger charge is -2.09. The van der Waals surface area contributed by atoms with Crippen molar-refractivity contribution in [2.75, 3.05) is 6.61 Å². The molecule has 3 heteroatoms. The zero-order valence-electron chi connectivity index (χ0n) is 7.86. The van der Waals surface area contributed by atoms with E-state index in [4.69, 9.17) is 4.74 Å². The molecule has 0 aromatic carbocycles. The van der Waals surface area contributed by atoms with Crippen LogP contribution in [0.25, 0.3) is 0 Å². The Labute approximate surface area is 77.8 Å². The van der Waals surface area contributed by atoms with Gasteiger partial charge in [0.05, 0.1) is 12.5 Å². The summed E-state index contributed by atoms with van der Waals surface area (Å²) in [5.41, 5.74) is 0.890. The van der Waals surface area contributed by atoms with Gasteiger partial charge in [0.25, 0.3) is 0 Å². The van der Waals surface area contributed by atoms with Crippen LogP contribution in [0.5, 0.6) is 0 Å². The largest absolute Gasteiger partial charge is 0.466 e. The molecule has 0 amide bonds. The summed E-state index contributed by atoms with van der Waals surface area (Å²) in [5, 5.41) is 0. The predicted molar refractivity (Wildman–Crippen MR) is 49.3 cm³/mol. The van der Waals surface area contributed by atoms with Gasteiger partial charge >= 0.3 is 5.97 Å². The molecule has 1 aromatic rings. The smallest absolute Gasteiger partial charge is 0.313 e. The summed E-state index contributed by atoms with van der Waals surface area (Å²) >= 11 is 0. The van der Waals surface area contributed by atoms with E-state index in [1.54, 1.807) is 19.3 Å². The fourth-order valence-electron chi connectivity index (χ4n) is 1.04. The third-order valence-corrected chi connectivity index (χ3v) is 1.82. The highest BCUT2D eigenvalue weighted by Gasteiger charge is 2.15. The van der Waals surface area contributed by atoms with Crippen molar-refractivity contribution < 1.29 is 9.53 Å². The van der Waals surface area contributed by atoms with Crippen molar-refractivity contribution in [2.24, 2.45) is 0 Å². The number of rotatable bonds is 3. The number of carbonyl (C=O) groups excluding carboxylic acids is 1. The van der Waals surface area contributed by atoms with Crippen molar-refractivity contribution in [3.8, 4) is 0 Å². The Balaban J connectivity index is 2.68. The average Bonchev–Trinajstić information content (AvgIpc) is 2.18. The van der Waals surface area contributed by atoms with Crippen LogP contribution in [0.4, 0.5) is 0 Å². The zero-order chi connectivity index (χ0) is 9.68. The summed E-state index contributed by atoms with van der Waals surface area (Å²) in [7, 11) is 0. The Morgan fingerprint density at radius 1 is 1.69 bits per heavy atom. The molecular weight excluding hydrogens is 166 g/mol. The van der Waals surface area contributed by atoms with Crippen molar-refractivity contribution in [1.29, 1.82) is 0 Å². The number of nitrogens with zero attached hydrogens (tertiary/aromatic N) is 1. The second kappa shape index (κ2) is 4.60. The second-order valence-corrected chi connectivity index (χ2v) is 2.76. The molecule has 70 valence electrons. The van der Waals surface area contributed by atoms with Crippen LogP contribution in [0.1, 0.15) is 25.3 Å². The first kappa shape index (κ1) is 9.71. The summed E-state index contributed by atoms with van der Waals surface area (Å²) in [6.07, 6.45) is 3.36. The van der Waals surface area contributed by atoms with Crippen molar-refractivity contribution in [3.05, 3.63) is 30.1 Å². The van der Waals surface area contributed by atoms with E-state index in [2.05, 4.69) is 4.98 Å². The second-order valence-electron chi connectivity index (χ2n) is 2.76. The molecule has 0 aliphatic carbocycles. The third-order valence-electron chi connectivity index (χ3n) is 1.82. The van der Waals surface area contributed by atoms with Crippen molar-refractivity contribution in [2.45, 2.75) is 19.8 Å². The van der Waals surface area contributed by atoms with Crippen LogP contribution in [0.15, 0.2) is 24.5 Å². The predicted octanol–water partition coefficient (Wildman–Crippen LogP) is 1.75. The fraction of sp³-hybridized carbons (Fsp3) is 0.400. The van der Waals surface area contributed by atoms with Crippen LogP contribution < -0.4 is 0 Å². The van der Waals surface area contributed by atoms with Crippen LogP contribution in [0.3, 0.4) is 0 Å². The summed E-state index contributed by atoms with van der Waals surface area (Å²) in [6, 6.07) is 3.68. The molecule has 0 aliphatic heterocycles. The molecule has 0 aliphatic rings.